The maximum Gasteiger partial charge on any atom is 0.170 e. The Balaban J connectivity index is 2.29. The normalized spacial score (nSPS) is 9.87. The maximum atomic E-state index is 13.0. The van der Waals surface area contributed by atoms with Gasteiger partial charge in [0.15, 0.2) is 5.16 Å². The number of nitrogens with zero attached hydrogens (tertiary/aromatic N) is 2. The van der Waals surface area contributed by atoms with Crippen molar-refractivity contribution in [2.24, 2.45) is 0 Å². The summed E-state index contributed by atoms with van der Waals surface area (Å²) in [6.07, 6.45) is 3.31. The molecule has 0 atom stereocenters. The molecule has 1 heterocycles. The number of nitrogens with one attached hydrogen (secondary N) is 1. The van der Waals surface area contributed by atoms with Crippen LogP contribution >= 0.6 is 11.8 Å². The third kappa shape index (κ3) is 2.36. The van der Waals surface area contributed by atoms with Gasteiger partial charge in [0.05, 0.1) is 11.6 Å². The average molecular weight is 219 g/mol. The lowest BCUT2D eigenvalue weighted by atomic mass is 10.2. The number of nitriles is 1. The fourth-order valence-corrected chi connectivity index (χ4v) is 1.93. The van der Waals surface area contributed by atoms with Crippen LogP contribution in [-0.4, -0.2) is 9.97 Å². The van der Waals surface area contributed by atoms with E-state index in [1.807, 2.05) is 6.07 Å². The highest BCUT2D eigenvalue weighted by molar-refractivity contribution is 7.99. The predicted octanol–water partition coefficient (Wildman–Crippen LogP) is 2.57. The summed E-state index contributed by atoms with van der Waals surface area (Å²) in [6.45, 7) is 0. The van der Waals surface area contributed by atoms with Crippen LogP contribution in [0.3, 0.4) is 0 Å². The fraction of sp³-hybridized carbons (Fsp3) is 0. The van der Waals surface area contributed by atoms with E-state index in [0.717, 1.165) is 0 Å². The Morgan fingerprint density at radius 2 is 2.27 bits per heavy atom. The van der Waals surface area contributed by atoms with Crippen LogP contribution in [0, 0.1) is 17.1 Å². The van der Waals surface area contributed by atoms with Gasteiger partial charge in [0.2, 0.25) is 0 Å². The quantitative estimate of drug-likeness (QED) is 0.844. The molecule has 74 valence electrons. The van der Waals surface area contributed by atoms with Crippen molar-refractivity contribution in [1.82, 2.24) is 9.97 Å². The van der Waals surface area contributed by atoms with E-state index >= 15 is 0 Å². The van der Waals surface area contributed by atoms with Gasteiger partial charge in [-0.25, -0.2) is 9.37 Å². The Morgan fingerprint density at radius 3 is 2.93 bits per heavy atom. The third-order valence-electron chi connectivity index (χ3n) is 1.69. The number of aromatic nitrogens is 2. The van der Waals surface area contributed by atoms with Gasteiger partial charge in [0.1, 0.15) is 5.82 Å². The van der Waals surface area contributed by atoms with Gasteiger partial charge in [-0.2, -0.15) is 5.26 Å². The van der Waals surface area contributed by atoms with Crippen molar-refractivity contribution in [3.63, 3.8) is 0 Å². The molecular weight excluding hydrogens is 213 g/mol. The van der Waals surface area contributed by atoms with Gasteiger partial charge in [-0.3, -0.25) is 0 Å². The average Bonchev–Trinajstić information content (AvgIpc) is 2.69. The Morgan fingerprint density at radius 1 is 1.40 bits per heavy atom. The molecule has 15 heavy (non-hydrogen) atoms. The number of hydrogen-bond acceptors (Lipinski definition) is 3. The van der Waals surface area contributed by atoms with Crippen molar-refractivity contribution in [2.75, 3.05) is 0 Å². The molecule has 0 aliphatic heterocycles. The first-order valence-electron chi connectivity index (χ1n) is 4.16. The molecule has 2 aromatic rings. The van der Waals surface area contributed by atoms with Crippen molar-refractivity contribution in [1.29, 1.82) is 5.26 Å². The molecule has 3 nitrogen and oxygen atoms in total. The lowest BCUT2D eigenvalue weighted by Crippen LogP contribution is -1.82. The Hall–Kier alpha value is -1.80. The highest BCUT2D eigenvalue weighted by atomic mass is 32.2. The van der Waals surface area contributed by atoms with Crippen LogP contribution in [0.15, 0.2) is 40.6 Å². The number of hydrogen-bond donors (Lipinski definition) is 1. The molecule has 5 heteroatoms. The van der Waals surface area contributed by atoms with Gasteiger partial charge in [-0.05, 0) is 18.2 Å². The van der Waals surface area contributed by atoms with E-state index in [4.69, 9.17) is 5.26 Å². The minimum Gasteiger partial charge on any atom is -0.339 e. The second-order valence-corrected chi connectivity index (χ2v) is 3.85. The van der Waals surface area contributed by atoms with Crippen molar-refractivity contribution in [3.05, 3.63) is 42.0 Å². The van der Waals surface area contributed by atoms with Crippen LogP contribution in [0.5, 0.6) is 0 Å². The first kappa shape index (κ1) is 9.74. The summed E-state index contributed by atoms with van der Waals surface area (Å²) in [5.74, 6) is -0.414. The molecule has 0 aliphatic carbocycles. The zero-order chi connectivity index (χ0) is 10.7. The molecule has 0 radical (unpaired) electrons. The standard InChI is InChI=1S/C10H6FN3S/c11-8-3-7(6-12)4-9(5-8)15-10-13-1-2-14-10/h1-5H,(H,13,14). The van der Waals surface area contributed by atoms with Crippen LogP contribution in [0.25, 0.3) is 0 Å². The number of H-pyrrole nitrogens is 1. The summed E-state index contributed by atoms with van der Waals surface area (Å²) < 4.78 is 13.0. The molecule has 1 N–H and O–H groups in total. The van der Waals surface area contributed by atoms with Gasteiger partial charge in [-0.15, -0.1) is 0 Å². The zero-order valence-corrected chi connectivity index (χ0v) is 8.38. The van der Waals surface area contributed by atoms with Crippen molar-refractivity contribution >= 4 is 11.8 Å². The van der Waals surface area contributed by atoms with Gasteiger partial charge < -0.3 is 4.98 Å². The first-order valence-corrected chi connectivity index (χ1v) is 4.97. The van der Waals surface area contributed by atoms with Crippen LogP contribution in [-0.2, 0) is 0 Å². The molecule has 0 aliphatic rings. The smallest absolute Gasteiger partial charge is 0.170 e. The highest BCUT2D eigenvalue weighted by Gasteiger charge is 2.03. The summed E-state index contributed by atoms with van der Waals surface area (Å²) in [5, 5.41) is 9.33. The predicted molar refractivity (Wildman–Crippen MR) is 53.8 cm³/mol. The van der Waals surface area contributed by atoms with Gasteiger partial charge in [-0.1, -0.05) is 11.8 Å². The Bertz CT molecular complexity index is 502. The number of benzene rings is 1. The van der Waals surface area contributed by atoms with Crippen LogP contribution in [0.4, 0.5) is 4.39 Å². The van der Waals surface area contributed by atoms with Gasteiger partial charge >= 0.3 is 0 Å². The fourth-order valence-electron chi connectivity index (χ4n) is 1.10. The molecule has 0 bridgehead atoms. The molecule has 1 aromatic carbocycles. The molecule has 0 spiro atoms. The second-order valence-electron chi connectivity index (χ2n) is 2.78. The Kier molecular flexibility index (Phi) is 2.70. The molecular formula is C10H6FN3S. The minimum atomic E-state index is -0.414. The van der Waals surface area contributed by atoms with Crippen molar-refractivity contribution in [3.8, 4) is 6.07 Å². The summed E-state index contributed by atoms with van der Waals surface area (Å²) in [5.41, 5.74) is 0.309. The number of imidazole rings is 1. The van der Waals surface area contributed by atoms with E-state index in [1.165, 1.54) is 23.9 Å². The van der Waals surface area contributed by atoms with Crippen molar-refractivity contribution in [2.45, 2.75) is 10.1 Å². The lowest BCUT2D eigenvalue weighted by molar-refractivity contribution is 0.623. The van der Waals surface area contributed by atoms with Gasteiger partial charge in [0, 0.05) is 17.3 Å². The third-order valence-corrected chi connectivity index (χ3v) is 2.58. The summed E-state index contributed by atoms with van der Waals surface area (Å²) >= 11 is 1.28. The molecule has 1 aromatic heterocycles. The highest BCUT2D eigenvalue weighted by Crippen LogP contribution is 2.25. The second kappa shape index (κ2) is 4.15. The SMILES string of the molecule is N#Cc1cc(F)cc(Sc2ncc[nH]2)c1. The van der Waals surface area contributed by atoms with Crippen molar-refractivity contribution < 1.29 is 4.39 Å². The summed E-state index contributed by atoms with van der Waals surface area (Å²) in [7, 11) is 0. The number of rotatable bonds is 2. The zero-order valence-electron chi connectivity index (χ0n) is 7.57. The first-order chi connectivity index (χ1) is 7.28. The van der Waals surface area contributed by atoms with Crippen LogP contribution in [0.1, 0.15) is 5.56 Å². The summed E-state index contributed by atoms with van der Waals surface area (Å²) in [6, 6.07) is 6.09. The van der Waals surface area contributed by atoms with Crippen LogP contribution < -0.4 is 0 Å². The largest absolute Gasteiger partial charge is 0.339 e. The monoisotopic (exact) mass is 219 g/mol. The molecule has 0 fully saturated rings. The molecule has 2 rings (SSSR count). The molecule has 0 unspecified atom stereocenters. The van der Waals surface area contributed by atoms with E-state index in [2.05, 4.69) is 9.97 Å². The van der Waals surface area contributed by atoms with E-state index in [9.17, 15) is 4.39 Å². The minimum absolute atomic E-state index is 0.309. The topological polar surface area (TPSA) is 52.5 Å². The lowest BCUT2D eigenvalue weighted by Gasteiger charge is -1.98. The maximum absolute atomic E-state index is 13.0. The van der Waals surface area contributed by atoms with E-state index in [1.54, 1.807) is 18.5 Å². The Labute approximate surface area is 90.0 Å². The number of halogens is 1. The summed E-state index contributed by atoms with van der Waals surface area (Å²) in [4.78, 5) is 7.54. The van der Waals surface area contributed by atoms with E-state index < -0.39 is 5.82 Å². The van der Waals surface area contributed by atoms with Crippen LogP contribution in [0.2, 0.25) is 0 Å². The van der Waals surface area contributed by atoms with Gasteiger partial charge in [0.25, 0.3) is 0 Å². The number of aromatic amines is 1. The van der Waals surface area contributed by atoms with E-state index in [0.29, 0.717) is 15.6 Å². The molecule has 0 saturated heterocycles. The van der Waals surface area contributed by atoms with E-state index in [-0.39, 0.29) is 0 Å². The molecule has 0 saturated carbocycles. The molecule has 0 amide bonds.